The lowest BCUT2D eigenvalue weighted by atomic mass is 9.97. The fraction of sp³-hybridized carbons (Fsp3) is 0.562. The van der Waals surface area contributed by atoms with Gasteiger partial charge >= 0.3 is 6.03 Å². The Morgan fingerprint density at radius 2 is 2.10 bits per heavy atom. The first-order valence-corrected chi connectivity index (χ1v) is 7.09. The van der Waals surface area contributed by atoms with Gasteiger partial charge in [-0.2, -0.15) is 0 Å². The number of carbonyl (C=O) groups excluding carboxylic acids is 1. The van der Waals surface area contributed by atoms with E-state index >= 15 is 0 Å². The van der Waals surface area contributed by atoms with Gasteiger partial charge < -0.3 is 10.1 Å². The summed E-state index contributed by atoms with van der Waals surface area (Å²) in [7, 11) is 1.72. The molecule has 1 unspecified atom stereocenters. The molecule has 1 atom stereocenters. The third-order valence-electron chi connectivity index (χ3n) is 3.49. The zero-order valence-electron chi connectivity index (χ0n) is 12.8. The average Bonchev–Trinajstić information content (AvgIpc) is 2.42. The highest BCUT2D eigenvalue weighted by molar-refractivity contribution is 5.93. The van der Waals surface area contributed by atoms with Gasteiger partial charge in [0.15, 0.2) is 0 Å². The van der Waals surface area contributed by atoms with E-state index in [1.54, 1.807) is 7.11 Å². The summed E-state index contributed by atoms with van der Waals surface area (Å²) in [6, 6.07) is 7.94. The van der Waals surface area contributed by atoms with Crippen molar-refractivity contribution in [3.8, 4) is 0 Å². The van der Waals surface area contributed by atoms with Crippen molar-refractivity contribution in [1.82, 2.24) is 5.32 Å². The third kappa shape index (κ3) is 3.31. The van der Waals surface area contributed by atoms with Gasteiger partial charge in [-0.05, 0) is 17.9 Å². The number of nitrogens with zero attached hydrogens (tertiary/aromatic N) is 1. The van der Waals surface area contributed by atoms with E-state index in [-0.39, 0.29) is 17.6 Å². The maximum atomic E-state index is 12.4. The van der Waals surface area contributed by atoms with Crippen LogP contribution in [0.1, 0.15) is 38.9 Å². The van der Waals surface area contributed by atoms with Gasteiger partial charge in [0.25, 0.3) is 0 Å². The molecule has 0 bridgehead atoms. The number of ether oxygens (including phenoxy) is 1. The SMILES string of the molecule is COC1CCN(C(=O)NCC(C)(C)C)c2ccccc21. The topological polar surface area (TPSA) is 41.6 Å². The number of fused-ring (bicyclic) bond motifs is 1. The van der Waals surface area contributed by atoms with Crippen molar-refractivity contribution in [2.75, 3.05) is 25.1 Å². The summed E-state index contributed by atoms with van der Waals surface area (Å²) in [5, 5.41) is 3.01. The van der Waals surface area contributed by atoms with Gasteiger partial charge in [-0.3, -0.25) is 4.90 Å². The Morgan fingerprint density at radius 1 is 1.40 bits per heavy atom. The van der Waals surface area contributed by atoms with Crippen LogP contribution < -0.4 is 10.2 Å². The monoisotopic (exact) mass is 276 g/mol. The molecule has 1 heterocycles. The van der Waals surface area contributed by atoms with E-state index in [1.165, 1.54) is 0 Å². The maximum Gasteiger partial charge on any atom is 0.321 e. The van der Waals surface area contributed by atoms with Crippen molar-refractivity contribution in [3.05, 3.63) is 29.8 Å². The number of methoxy groups -OCH3 is 1. The number of amides is 2. The molecule has 0 saturated heterocycles. The number of anilines is 1. The predicted molar refractivity (Wildman–Crippen MR) is 81.0 cm³/mol. The van der Waals surface area contributed by atoms with Crippen molar-refractivity contribution < 1.29 is 9.53 Å². The lowest BCUT2D eigenvalue weighted by Crippen LogP contribution is -2.45. The number of rotatable bonds is 2. The van der Waals surface area contributed by atoms with Gasteiger partial charge in [-0.25, -0.2) is 4.79 Å². The first-order valence-electron chi connectivity index (χ1n) is 7.09. The minimum Gasteiger partial charge on any atom is -0.377 e. The Kier molecular flexibility index (Phi) is 4.33. The van der Waals surface area contributed by atoms with Gasteiger partial charge in [0, 0.05) is 25.8 Å². The number of para-hydroxylation sites is 1. The van der Waals surface area contributed by atoms with Crippen molar-refractivity contribution >= 4 is 11.7 Å². The smallest absolute Gasteiger partial charge is 0.321 e. The van der Waals surface area contributed by atoms with Crippen LogP contribution in [0.25, 0.3) is 0 Å². The fourth-order valence-electron chi connectivity index (χ4n) is 2.42. The minimum atomic E-state index is -0.0260. The van der Waals surface area contributed by atoms with Crippen molar-refractivity contribution in [1.29, 1.82) is 0 Å². The zero-order chi connectivity index (χ0) is 14.8. The Hall–Kier alpha value is -1.55. The Labute approximate surface area is 121 Å². The molecule has 0 fully saturated rings. The van der Waals surface area contributed by atoms with Gasteiger partial charge in [-0.1, -0.05) is 39.0 Å². The second-order valence-corrected chi connectivity index (χ2v) is 6.44. The molecule has 1 aliphatic heterocycles. The van der Waals surface area contributed by atoms with E-state index in [0.717, 1.165) is 17.7 Å². The summed E-state index contributed by atoms with van der Waals surface area (Å²) in [6.45, 7) is 7.68. The van der Waals surface area contributed by atoms with Crippen LogP contribution in [0, 0.1) is 5.41 Å². The first-order chi connectivity index (χ1) is 9.42. The molecular weight excluding hydrogens is 252 g/mol. The van der Waals surface area contributed by atoms with Crippen molar-refractivity contribution in [2.24, 2.45) is 5.41 Å². The molecular formula is C16H24N2O2. The lowest BCUT2D eigenvalue weighted by molar-refractivity contribution is 0.0941. The van der Waals surface area contributed by atoms with Crippen LogP contribution in [0.2, 0.25) is 0 Å². The molecule has 1 aliphatic rings. The molecule has 4 nitrogen and oxygen atoms in total. The van der Waals surface area contributed by atoms with Crippen LogP contribution in [0.5, 0.6) is 0 Å². The van der Waals surface area contributed by atoms with Crippen LogP contribution in [0.3, 0.4) is 0 Å². The summed E-state index contributed by atoms with van der Waals surface area (Å²) >= 11 is 0. The molecule has 0 radical (unpaired) electrons. The molecule has 0 aliphatic carbocycles. The molecule has 1 aromatic rings. The molecule has 4 heteroatoms. The number of carbonyl (C=O) groups is 1. The van der Waals surface area contributed by atoms with Crippen LogP contribution in [0.15, 0.2) is 24.3 Å². The van der Waals surface area contributed by atoms with Crippen LogP contribution in [-0.4, -0.2) is 26.2 Å². The zero-order valence-corrected chi connectivity index (χ0v) is 12.8. The highest BCUT2D eigenvalue weighted by atomic mass is 16.5. The molecule has 110 valence electrons. The maximum absolute atomic E-state index is 12.4. The van der Waals surface area contributed by atoms with E-state index in [9.17, 15) is 4.79 Å². The molecule has 0 spiro atoms. The summed E-state index contributed by atoms with van der Waals surface area (Å²) in [6.07, 6.45) is 0.911. The Morgan fingerprint density at radius 3 is 2.75 bits per heavy atom. The van der Waals surface area contributed by atoms with E-state index in [2.05, 4.69) is 26.1 Å². The second-order valence-electron chi connectivity index (χ2n) is 6.44. The number of nitrogens with one attached hydrogen (secondary N) is 1. The third-order valence-corrected chi connectivity index (χ3v) is 3.49. The Balaban J connectivity index is 2.16. The normalized spacial score (nSPS) is 18.6. The van der Waals surface area contributed by atoms with Crippen LogP contribution in [0.4, 0.5) is 10.5 Å². The largest absolute Gasteiger partial charge is 0.377 e. The first kappa shape index (κ1) is 14.9. The molecule has 0 saturated carbocycles. The summed E-state index contributed by atoms with van der Waals surface area (Å²) in [5.74, 6) is 0. The highest BCUT2D eigenvalue weighted by Crippen LogP contribution is 2.35. The standard InChI is InChI=1S/C16H24N2O2/c1-16(2,3)11-17-15(19)18-10-9-14(20-4)12-7-5-6-8-13(12)18/h5-8,14H,9-11H2,1-4H3,(H,17,19). The number of hydrogen-bond acceptors (Lipinski definition) is 2. The number of hydrogen-bond donors (Lipinski definition) is 1. The van der Waals surface area contributed by atoms with Gasteiger partial charge in [0.2, 0.25) is 0 Å². The molecule has 0 aromatic heterocycles. The summed E-state index contributed by atoms with van der Waals surface area (Å²) < 4.78 is 5.50. The molecule has 1 N–H and O–H groups in total. The molecule has 2 rings (SSSR count). The van der Waals surface area contributed by atoms with Gasteiger partial charge in [-0.15, -0.1) is 0 Å². The van der Waals surface area contributed by atoms with Crippen LogP contribution in [-0.2, 0) is 4.74 Å². The fourth-order valence-corrected chi connectivity index (χ4v) is 2.42. The number of urea groups is 1. The quantitative estimate of drug-likeness (QED) is 0.900. The van der Waals surface area contributed by atoms with E-state index in [0.29, 0.717) is 13.1 Å². The van der Waals surface area contributed by atoms with Crippen LogP contribution >= 0.6 is 0 Å². The Bertz CT molecular complexity index is 480. The number of benzene rings is 1. The average molecular weight is 276 g/mol. The van der Waals surface area contributed by atoms with E-state index < -0.39 is 0 Å². The van der Waals surface area contributed by atoms with Gasteiger partial charge in [0.05, 0.1) is 11.8 Å². The van der Waals surface area contributed by atoms with E-state index in [4.69, 9.17) is 4.74 Å². The molecule has 20 heavy (non-hydrogen) atoms. The second kappa shape index (κ2) is 5.83. The summed E-state index contributed by atoms with van der Waals surface area (Å²) in [5.41, 5.74) is 2.13. The van der Waals surface area contributed by atoms with E-state index in [1.807, 2.05) is 29.2 Å². The lowest BCUT2D eigenvalue weighted by Gasteiger charge is -2.34. The molecule has 2 amide bonds. The van der Waals surface area contributed by atoms with Gasteiger partial charge in [0.1, 0.15) is 0 Å². The molecule has 1 aromatic carbocycles. The van der Waals surface area contributed by atoms with Crippen molar-refractivity contribution in [3.63, 3.8) is 0 Å². The van der Waals surface area contributed by atoms with Crippen molar-refractivity contribution in [2.45, 2.75) is 33.3 Å². The minimum absolute atomic E-state index is 0.0260. The predicted octanol–water partition coefficient (Wildman–Crippen LogP) is 3.34. The highest BCUT2D eigenvalue weighted by Gasteiger charge is 2.28. The summed E-state index contributed by atoms with van der Waals surface area (Å²) in [4.78, 5) is 14.2.